The molecule has 30 heavy (non-hydrogen) atoms. The zero-order chi connectivity index (χ0) is 21.5. The van der Waals surface area contributed by atoms with E-state index >= 15 is 0 Å². The molecule has 5 nitrogen and oxygen atoms in total. The molecule has 2 amide bonds. The molecule has 1 aromatic heterocycles. The van der Waals surface area contributed by atoms with E-state index < -0.39 is 11.7 Å². The summed E-state index contributed by atoms with van der Waals surface area (Å²) < 4.78 is 41.3. The minimum Gasteiger partial charge on any atom is -0.348 e. The summed E-state index contributed by atoms with van der Waals surface area (Å²) in [6, 6.07) is 7.04. The molecule has 9 heteroatoms. The first-order valence-electron chi connectivity index (χ1n) is 9.77. The van der Waals surface area contributed by atoms with E-state index in [9.17, 15) is 22.8 Å². The number of aromatic nitrogens is 1. The molecular weight excluding hydrogens is 415 g/mol. The van der Waals surface area contributed by atoms with Crippen LogP contribution in [0.2, 0.25) is 0 Å². The third-order valence-electron chi connectivity index (χ3n) is 5.53. The lowest BCUT2D eigenvalue weighted by molar-refractivity contribution is -0.137. The minimum absolute atomic E-state index is 0.0327. The number of nitrogens with one attached hydrogen (secondary N) is 1. The number of fused-ring (bicyclic) bond motifs is 1. The number of nitrogens with zero attached hydrogens (tertiary/aromatic N) is 2. The Kier molecular flexibility index (Phi) is 5.57. The molecule has 1 unspecified atom stereocenters. The smallest absolute Gasteiger partial charge is 0.348 e. The summed E-state index contributed by atoms with van der Waals surface area (Å²) in [4.78, 5) is 25.8. The lowest BCUT2D eigenvalue weighted by Crippen LogP contribution is -2.40. The van der Waals surface area contributed by atoms with Gasteiger partial charge in [0.25, 0.3) is 0 Å². The van der Waals surface area contributed by atoms with Gasteiger partial charge in [-0.1, -0.05) is 6.07 Å². The van der Waals surface area contributed by atoms with Crippen LogP contribution >= 0.6 is 11.8 Å². The van der Waals surface area contributed by atoms with Crippen molar-refractivity contribution in [1.82, 2.24) is 14.8 Å². The molecule has 2 heterocycles. The van der Waals surface area contributed by atoms with Crippen LogP contribution in [0.15, 0.2) is 30.3 Å². The van der Waals surface area contributed by atoms with Crippen LogP contribution in [0.1, 0.15) is 41.4 Å². The highest BCUT2D eigenvalue weighted by Gasteiger charge is 2.32. The minimum atomic E-state index is -4.40. The Morgan fingerprint density at radius 2 is 2.10 bits per heavy atom. The van der Waals surface area contributed by atoms with Gasteiger partial charge in [-0.15, -0.1) is 11.8 Å². The number of hydrogen-bond donors (Lipinski definition) is 1. The van der Waals surface area contributed by atoms with Gasteiger partial charge in [0.1, 0.15) is 6.54 Å². The first-order chi connectivity index (χ1) is 14.2. The summed E-state index contributed by atoms with van der Waals surface area (Å²) in [5, 5.41) is 3.01. The van der Waals surface area contributed by atoms with Crippen LogP contribution in [-0.2, 0) is 22.2 Å². The van der Waals surface area contributed by atoms with Crippen molar-refractivity contribution < 1.29 is 22.8 Å². The molecule has 1 saturated heterocycles. The molecule has 1 atom stereocenters. The van der Waals surface area contributed by atoms with Crippen molar-refractivity contribution in [1.29, 1.82) is 0 Å². The third kappa shape index (κ3) is 4.08. The molecule has 1 N–H and O–H groups in total. The maximum atomic E-state index is 13.2. The Labute approximate surface area is 176 Å². The zero-order valence-corrected chi connectivity index (χ0v) is 17.3. The Morgan fingerprint density at radius 3 is 2.80 bits per heavy atom. The standard InChI is InChI=1S/C21H22F3N3O2S/c1-13-8-16-17(25-19(28)10-26-12-30-11-20(26)29)6-3-7-18(16)27(13)15-5-2-4-14(9-15)21(22,23)24/h2,4-5,8-9,17H,3,6-7,10-12H2,1H3,(H,25,28). The van der Waals surface area contributed by atoms with Gasteiger partial charge in [0.15, 0.2) is 0 Å². The average Bonchev–Trinajstić information content (AvgIpc) is 3.24. The van der Waals surface area contributed by atoms with E-state index in [0.29, 0.717) is 17.3 Å². The molecule has 0 bridgehead atoms. The topological polar surface area (TPSA) is 54.3 Å². The highest BCUT2D eigenvalue weighted by molar-refractivity contribution is 8.00. The molecule has 160 valence electrons. The number of rotatable bonds is 4. The van der Waals surface area contributed by atoms with E-state index in [2.05, 4.69) is 5.32 Å². The largest absolute Gasteiger partial charge is 0.416 e. The van der Waals surface area contributed by atoms with Crippen molar-refractivity contribution in [3.63, 3.8) is 0 Å². The fraction of sp³-hybridized carbons (Fsp3) is 0.429. The van der Waals surface area contributed by atoms with Gasteiger partial charge in [-0.2, -0.15) is 13.2 Å². The number of thioether (sulfide) groups is 1. The first-order valence-corrected chi connectivity index (χ1v) is 10.9. The summed E-state index contributed by atoms with van der Waals surface area (Å²) in [5.41, 5.74) is 2.47. The Bertz CT molecular complexity index is 986. The number of carbonyl (C=O) groups excluding carboxylic acids is 2. The summed E-state index contributed by atoms with van der Waals surface area (Å²) >= 11 is 1.49. The van der Waals surface area contributed by atoms with E-state index in [1.807, 2.05) is 17.6 Å². The molecule has 2 aliphatic rings. The normalized spacial score (nSPS) is 19.1. The van der Waals surface area contributed by atoms with Crippen LogP contribution in [0.4, 0.5) is 13.2 Å². The Hall–Kier alpha value is -2.42. The number of carbonyl (C=O) groups is 2. The lowest BCUT2D eigenvalue weighted by atomic mass is 9.92. The number of alkyl halides is 3. The number of benzene rings is 1. The summed E-state index contributed by atoms with van der Waals surface area (Å²) in [6.07, 6.45) is -2.10. The Morgan fingerprint density at radius 1 is 1.30 bits per heavy atom. The quantitative estimate of drug-likeness (QED) is 0.791. The average molecular weight is 437 g/mol. The summed E-state index contributed by atoms with van der Waals surface area (Å²) in [7, 11) is 0. The molecule has 1 aliphatic heterocycles. The lowest BCUT2D eigenvalue weighted by Gasteiger charge is -2.26. The van der Waals surface area contributed by atoms with Gasteiger partial charge in [0, 0.05) is 17.1 Å². The summed E-state index contributed by atoms with van der Waals surface area (Å²) in [6.45, 7) is 1.89. The van der Waals surface area contributed by atoms with Gasteiger partial charge < -0.3 is 14.8 Å². The van der Waals surface area contributed by atoms with Crippen LogP contribution in [0.5, 0.6) is 0 Å². The second kappa shape index (κ2) is 8.02. The number of halogens is 3. The second-order valence-electron chi connectivity index (χ2n) is 7.65. The molecule has 1 aromatic carbocycles. The van der Waals surface area contributed by atoms with Crippen molar-refractivity contribution in [2.45, 2.75) is 38.4 Å². The van der Waals surface area contributed by atoms with E-state index in [-0.39, 0.29) is 24.4 Å². The van der Waals surface area contributed by atoms with E-state index in [1.165, 1.54) is 22.7 Å². The number of aryl methyl sites for hydroxylation is 1. The molecular formula is C21H22F3N3O2S. The molecule has 0 saturated carbocycles. The van der Waals surface area contributed by atoms with Gasteiger partial charge >= 0.3 is 6.18 Å². The van der Waals surface area contributed by atoms with Crippen LogP contribution < -0.4 is 5.32 Å². The molecule has 1 aliphatic carbocycles. The van der Waals surface area contributed by atoms with Crippen molar-refractivity contribution >= 4 is 23.6 Å². The molecule has 0 spiro atoms. The van der Waals surface area contributed by atoms with Gasteiger partial charge in [-0.3, -0.25) is 9.59 Å². The van der Waals surface area contributed by atoms with Crippen LogP contribution in [0.25, 0.3) is 5.69 Å². The van der Waals surface area contributed by atoms with Crippen LogP contribution in [-0.4, -0.2) is 39.5 Å². The Balaban J connectivity index is 1.59. The first kappa shape index (κ1) is 20.8. The monoisotopic (exact) mass is 437 g/mol. The fourth-order valence-corrected chi connectivity index (χ4v) is 5.09. The van der Waals surface area contributed by atoms with Gasteiger partial charge in [-0.25, -0.2) is 0 Å². The highest BCUT2D eigenvalue weighted by Crippen LogP contribution is 2.36. The number of hydrogen-bond acceptors (Lipinski definition) is 3. The van der Waals surface area contributed by atoms with Crippen molar-refractivity contribution in [3.05, 3.63) is 52.8 Å². The highest BCUT2D eigenvalue weighted by atomic mass is 32.2. The zero-order valence-electron chi connectivity index (χ0n) is 16.5. The van der Waals surface area contributed by atoms with E-state index in [1.54, 1.807) is 6.07 Å². The van der Waals surface area contributed by atoms with Crippen molar-refractivity contribution in [2.75, 3.05) is 18.2 Å². The van der Waals surface area contributed by atoms with E-state index in [4.69, 9.17) is 0 Å². The fourth-order valence-electron chi connectivity index (χ4n) is 4.19. The van der Waals surface area contributed by atoms with E-state index in [0.717, 1.165) is 48.3 Å². The number of amides is 2. The van der Waals surface area contributed by atoms with Crippen LogP contribution in [0, 0.1) is 6.92 Å². The maximum absolute atomic E-state index is 13.2. The predicted molar refractivity (Wildman–Crippen MR) is 108 cm³/mol. The van der Waals surface area contributed by atoms with Crippen LogP contribution in [0.3, 0.4) is 0 Å². The van der Waals surface area contributed by atoms with Crippen molar-refractivity contribution in [2.24, 2.45) is 0 Å². The molecule has 4 rings (SSSR count). The SMILES string of the molecule is Cc1cc2c(n1-c1cccc(C(F)(F)F)c1)CCCC2NC(=O)CN1CSCC1=O. The molecule has 1 fully saturated rings. The third-order valence-corrected chi connectivity index (χ3v) is 6.47. The molecule has 2 aromatic rings. The second-order valence-corrected chi connectivity index (χ2v) is 8.61. The summed E-state index contributed by atoms with van der Waals surface area (Å²) in [5.74, 6) is 0.673. The van der Waals surface area contributed by atoms with Crippen molar-refractivity contribution in [3.8, 4) is 5.69 Å². The van der Waals surface area contributed by atoms with Gasteiger partial charge in [0.2, 0.25) is 11.8 Å². The maximum Gasteiger partial charge on any atom is 0.416 e. The molecule has 0 radical (unpaired) electrons. The van der Waals surface area contributed by atoms with Gasteiger partial charge in [0.05, 0.1) is 23.2 Å². The van der Waals surface area contributed by atoms with Gasteiger partial charge in [-0.05, 0) is 56.0 Å². The predicted octanol–water partition coefficient (Wildman–Crippen LogP) is 3.83.